The van der Waals surface area contributed by atoms with Gasteiger partial charge in [0.25, 0.3) is 0 Å². The molecule has 2 rings (SSSR count). The number of nitrogens with one attached hydrogen (secondary N) is 2. The van der Waals surface area contributed by atoms with E-state index < -0.39 is 0 Å². The zero-order chi connectivity index (χ0) is 11.5. The minimum atomic E-state index is 0.0407. The Morgan fingerprint density at radius 2 is 2.31 bits per heavy atom. The number of aryl methyl sites for hydroxylation is 1. The lowest BCUT2D eigenvalue weighted by molar-refractivity contribution is -0.117. The SMILES string of the molecule is Cc1ccc(Cl)c(NC(=O)CC2CNC2)c1. The number of anilines is 1. The monoisotopic (exact) mass is 238 g/mol. The normalized spacial score (nSPS) is 15.6. The van der Waals surface area contributed by atoms with Gasteiger partial charge < -0.3 is 10.6 Å². The van der Waals surface area contributed by atoms with Crippen molar-refractivity contribution in [3.63, 3.8) is 0 Å². The highest BCUT2D eigenvalue weighted by Crippen LogP contribution is 2.23. The fraction of sp³-hybridized carbons (Fsp3) is 0.417. The lowest BCUT2D eigenvalue weighted by atomic mass is 9.99. The van der Waals surface area contributed by atoms with Crippen LogP contribution in [0.15, 0.2) is 18.2 Å². The molecule has 0 bridgehead atoms. The summed E-state index contributed by atoms with van der Waals surface area (Å²) in [7, 11) is 0. The third-order valence-electron chi connectivity index (χ3n) is 2.74. The summed E-state index contributed by atoms with van der Waals surface area (Å²) in [4.78, 5) is 11.7. The van der Waals surface area contributed by atoms with Crippen molar-refractivity contribution in [1.82, 2.24) is 5.32 Å². The lowest BCUT2D eigenvalue weighted by Crippen LogP contribution is -2.43. The average Bonchev–Trinajstić information content (AvgIpc) is 2.18. The highest BCUT2D eigenvalue weighted by atomic mass is 35.5. The first-order valence-electron chi connectivity index (χ1n) is 5.42. The number of hydrogen-bond donors (Lipinski definition) is 2. The molecule has 1 aromatic carbocycles. The van der Waals surface area contributed by atoms with Crippen LogP contribution in [0.4, 0.5) is 5.69 Å². The third kappa shape index (κ3) is 2.74. The molecular weight excluding hydrogens is 224 g/mol. The van der Waals surface area contributed by atoms with Gasteiger partial charge in [-0.2, -0.15) is 0 Å². The van der Waals surface area contributed by atoms with E-state index in [0.29, 0.717) is 23.0 Å². The summed E-state index contributed by atoms with van der Waals surface area (Å²) < 4.78 is 0. The predicted molar refractivity (Wildman–Crippen MR) is 65.8 cm³/mol. The van der Waals surface area contributed by atoms with Gasteiger partial charge in [-0.1, -0.05) is 17.7 Å². The fourth-order valence-corrected chi connectivity index (χ4v) is 1.86. The quantitative estimate of drug-likeness (QED) is 0.848. The van der Waals surface area contributed by atoms with Crippen LogP contribution in [0.1, 0.15) is 12.0 Å². The molecule has 1 saturated heterocycles. The van der Waals surface area contributed by atoms with Crippen LogP contribution in [0.2, 0.25) is 5.02 Å². The molecule has 0 atom stereocenters. The predicted octanol–water partition coefficient (Wildman–Crippen LogP) is 2.20. The van der Waals surface area contributed by atoms with Gasteiger partial charge in [-0.15, -0.1) is 0 Å². The summed E-state index contributed by atoms with van der Waals surface area (Å²) in [6.45, 7) is 3.85. The van der Waals surface area contributed by atoms with Crippen molar-refractivity contribution < 1.29 is 4.79 Å². The molecule has 0 aromatic heterocycles. The molecule has 1 aliphatic rings. The van der Waals surface area contributed by atoms with E-state index in [0.717, 1.165) is 18.7 Å². The number of carbonyl (C=O) groups excluding carboxylic acids is 1. The lowest BCUT2D eigenvalue weighted by Gasteiger charge is -2.26. The summed E-state index contributed by atoms with van der Waals surface area (Å²) >= 11 is 6.00. The minimum absolute atomic E-state index is 0.0407. The van der Waals surface area contributed by atoms with Gasteiger partial charge in [0, 0.05) is 6.42 Å². The molecule has 16 heavy (non-hydrogen) atoms. The van der Waals surface area contributed by atoms with E-state index in [1.807, 2.05) is 19.1 Å². The maximum Gasteiger partial charge on any atom is 0.224 e. The number of hydrogen-bond acceptors (Lipinski definition) is 2. The van der Waals surface area contributed by atoms with Crippen LogP contribution in [0, 0.1) is 12.8 Å². The van der Waals surface area contributed by atoms with Crippen LogP contribution in [-0.4, -0.2) is 19.0 Å². The standard InChI is InChI=1S/C12H15ClN2O/c1-8-2-3-10(13)11(4-8)15-12(16)5-9-6-14-7-9/h2-4,9,14H,5-7H2,1H3,(H,15,16). The second kappa shape index (κ2) is 4.85. The summed E-state index contributed by atoms with van der Waals surface area (Å²) in [6.07, 6.45) is 0.567. The van der Waals surface area contributed by atoms with Gasteiger partial charge in [0.05, 0.1) is 10.7 Å². The summed E-state index contributed by atoms with van der Waals surface area (Å²) in [5.74, 6) is 0.516. The molecule has 1 heterocycles. The zero-order valence-corrected chi connectivity index (χ0v) is 9.97. The molecule has 0 radical (unpaired) electrons. The first-order valence-corrected chi connectivity index (χ1v) is 5.79. The Balaban J connectivity index is 1.96. The highest BCUT2D eigenvalue weighted by molar-refractivity contribution is 6.33. The van der Waals surface area contributed by atoms with Gasteiger partial charge in [-0.05, 0) is 43.6 Å². The molecule has 4 heteroatoms. The van der Waals surface area contributed by atoms with Crippen LogP contribution in [0.3, 0.4) is 0 Å². The summed E-state index contributed by atoms with van der Waals surface area (Å²) in [6, 6.07) is 5.62. The molecule has 86 valence electrons. The van der Waals surface area contributed by atoms with Gasteiger partial charge in [-0.25, -0.2) is 0 Å². The van der Waals surface area contributed by atoms with E-state index in [1.165, 1.54) is 0 Å². The van der Waals surface area contributed by atoms with Crippen LogP contribution in [0.25, 0.3) is 0 Å². The van der Waals surface area contributed by atoms with Crippen LogP contribution >= 0.6 is 11.6 Å². The van der Waals surface area contributed by atoms with Crippen molar-refractivity contribution in [1.29, 1.82) is 0 Å². The maximum absolute atomic E-state index is 11.7. The Morgan fingerprint density at radius 1 is 1.56 bits per heavy atom. The number of amides is 1. The molecule has 0 spiro atoms. The topological polar surface area (TPSA) is 41.1 Å². The highest BCUT2D eigenvalue weighted by Gasteiger charge is 2.20. The molecule has 3 nitrogen and oxygen atoms in total. The maximum atomic E-state index is 11.7. The smallest absolute Gasteiger partial charge is 0.224 e. The van der Waals surface area contributed by atoms with Crippen LogP contribution in [0.5, 0.6) is 0 Å². The second-order valence-electron chi connectivity index (χ2n) is 4.26. The van der Waals surface area contributed by atoms with Crippen molar-refractivity contribution >= 4 is 23.2 Å². The Bertz CT molecular complexity index is 402. The van der Waals surface area contributed by atoms with E-state index in [9.17, 15) is 4.79 Å². The van der Waals surface area contributed by atoms with Crippen molar-refractivity contribution in [3.8, 4) is 0 Å². The van der Waals surface area contributed by atoms with E-state index in [-0.39, 0.29) is 5.91 Å². The Kier molecular flexibility index (Phi) is 3.46. The molecule has 0 unspecified atom stereocenters. The largest absolute Gasteiger partial charge is 0.325 e. The number of rotatable bonds is 3. The Hall–Kier alpha value is -1.06. The first kappa shape index (κ1) is 11.4. The van der Waals surface area contributed by atoms with E-state index in [1.54, 1.807) is 6.07 Å². The first-order chi connectivity index (χ1) is 7.65. The van der Waals surface area contributed by atoms with Crippen molar-refractivity contribution in [3.05, 3.63) is 28.8 Å². The van der Waals surface area contributed by atoms with Gasteiger partial charge in [0.15, 0.2) is 0 Å². The van der Waals surface area contributed by atoms with Gasteiger partial charge in [0.1, 0.15) is 0 Å². The van der Waals surface area contributed by atoms with E-state index >= 15 is 0 Å². The summed E-state index contributed by atoms with van der Waals surface area (Å²) in [5.41, 5.74) is 1.80. The number of carbonyl (C=O) groups is 1. The van der Waals surface area contributed by atoms with Gasteiger partial charge in [0.2, 0.25) is 5.91 Å². The Morgan fingerprint density at radius 3 is 2.94 bits per heavy atom. The van der Waals surface area contributed by atoms with Crippen molar-refractivity contribution in [2.24, 2.45) is 5.92 Å². The molecule has 2 N–H and O–H groups in total. The molecular formula is C12H15ClN2O. The van der Waals surface area contributed by atoms with E-state index in [4.69, 9.17) is 11.6 Å². The van der Waals surface area contributed by atoms with E-state index in [2.05, 4.69) is 10.6 Å². The second-order valence-corrected chi connectivity index (χ2v) is 4.67. The number of benzene rings is 1. The van der Waals surface area contributed by atoms with Gasteiger partial charge >= 0.3 is 0 Å². The van der Waals surface area contributed by atoms with Gasteiger partial charge in [-0.3, -0.25) is 4.79 Å². The van der Waals surface area contributed by atoms with Crippen molar-refractivity contribution in [2.45, 2.75) is 13.3 Å². The fourth-order valence-electron chi connectivity index (χ4n) is 1.69. The third-order valence-corrected chi connectivity index (χ3v) is 3.07. The molecule has 1 fully saturated rings. The molecule has 0 aliphatic carbocycles. The minimum Gasteiger partial charge on any atom is -0.325 e. The zero-order valence-electron chi connectivity index (χ0n) is 9.22. The Labute approximate surface area is 100 Å². The van der Waals surface area contributed by atoms with Crippen LogP contribution < -0.4 is 10.6 Å². The average molecular weight is 239 g/mol. The molecule has 1 aliphatic heterocycles. The van der Waals surface area contributed by atoms with Crippen LogP contribution in [-0.2, 0) is 4.79 Å². The van der Waals surface area contributed by atoms with Crippen molar-refractivity contribution in [2.75, 3.05) is 18.4 Å². The summed E-state index contributed by atoms with van der Waals surface area (Å²) in [5, 5.41) is 6.58. The molecule has 1 aromatic rings. The number of halogens is 1. The molecule has 1 amide bonds. The molecule has 0 saturated carbocycles.